The third-order valence-corrected chi connectivity index (χ3v) is 4.50. The molecule has 1 fully saturated rings. The van der Waals surface area contributed by atoms with Gasteiger partial charge in [0.1, 0.15) is 6.10 Å². The van der Waals surface area contributed by atoms with Crippen molar-refractivity contribution in [3.8, 4) is 0 Å². The molecule has 4 N–H and O–H groups in total. The molecule has 2 atom stereocenters. The van der Waals surface area contributed by atoms with Crippen molar-refractivity contribution < 1.29 is 9.53 Å². The van der Waals surface area contributed by atoms with E-state index in [0.717, 1.165) is 17.7 Å². The molecule has 1 saturated heterocycles. The molecule has 0 radical (unpaired) electrons. The van der Waals surface area contributed by atoms with Crippen molar-refractivity contribution in [3.05, 3.63) is 65.7 Å². The second-order valence-corrected chi connectivity index (χ2v) is 6.75. The van der Waals surface area contributed by atoms with Crippen LogP contribution >= 0.6 is 24.0 Å². The van der Waals surface area contributed by atoms with E-state index in [1.54, 1.807) is 0 Å². The molecule has 28 heavy (non-hydrogen) atoms. The first-order valence-corrected chi connectivity index (χ1v) is 9.21. The second-order valence-electron chi connectivity index (χ2n) is 6.75. The van der Waals surface area contributed by atoms with E-state index in [2.05, 4.69) is 46.8 Å². The van der Waals surface area contributed by atoms with Crippen LogP contribution in [0.1, 0.15) is 24.0 Å². The molecule has 1 aliphatic heterocycles. The van der Waals surface area contributed by atoms with E-state index >= 15 is 0 Å². The normalized spacial score (nSPS) is 19.0. The Labute approximate surface area is 183 Å². The lowest BCUT2D eigenvalue weighted by Crippen LogP contribution is -2.37. The summed E-state index contributed by atoms with van der Waals surface area (Å²) < 4.78 is 5.68. The smallest absolute Gasteiger partial charge is 0.246 e. The van der Waals surface area contributed by atoms with Crippen LogP contribution in [0.5, 0.6) is 0 Å². The lowest BCUT2D eigenvalue weighted by Gasteiger charge is -2.16. The number of rotatable bonds is 6. The number of nitrogens with two attached hydrogens (primary N) is 1. The number of carbonyl (C=O) groups excluding carboxylic acids is 1. The number of hydrogen-bond acceptors (Lipinski definition) is 3. The van der Waals surface area contributed by atoms with E-state index < -0.39 is 12.0 Å². The Bertz CT molecular complexity index is 781. The number of aliphatic imine (C=N–C) groups is 1. The number of ether oxygens (including phenoxy) is 1. The largest absolute Gasteiger partial charge is 0.367 e. The van der Waals surface area contributed by atoms with Gasteiger partial charge < -0.3 is 21.1 Å². The molecule has 2 unspecified atom stereocenters. The maximum absolute atomic E-state index is 11.3. The Morgan fingerprint density at radius 3 is 2.50 bits per heavy atom. The number of benzene rings is 2. The van der Waals surface area contributed by atoms with Gasteiger partial charge in [0.15, 0.2) is 5.96 Å². The summed E-state index contributed by atoms with van der Waals surface area (Å²) in [7, 11) is 0. The number of guanidine groups is 1. The van der Waals surface area contributed by atoms with Crippen LogP contribution in [0.4, 0.5) is 5.69 Å². The minimum Gasteiger partial charge on any atom is -0.367 e. The van der Waals surface area contributed by atoms with Gasteiger partial charge in [0, 0.05) is 12.2 Å². The average Bonchev–Trinajstić information content (AvgIpc) is 3.15. The van der Waals surface area contributed by atoms with Crippen LogP contribution in [0.25, 0.3) is 0 Å². The first kappa shape index (κ1) is 22.2. The van der Waals surface area contributed by atoms with Crippen molar-refractivity contribution in [1.29, 1.82) is 0 Å². The molecule has 150 valence electrons. The topological polar surface area (TPSA) is 88.7 Å². The number of hydrogen-bond donors (Lipinski definition) is 3. The van der Waals surface area contributed by atoms with Crippen LogP contribution < -0.4 is 16.4 Å². The molecule has 0 aromatic heterocycles. The summed E-state index contributed by atoms with van der Waals surface area (Å²) in [6.45, 7) is 3.20. The summed E-state index contributed by atoms with van der Waals surface area (Å²) in [6, 6.07) is 18.2. The predicted molar refractivity (Wildman–Crippen MR) is 123 cm³/mol. The van der Waals surface area contributed by atoms with E-state index in [4.69, 9.17) is 10.5 Å². The number of nitrogens with zero attached hydrogens (tertiary/aromatic N) is 1. The van der Waals surface area contributed by atoms with Crippen LogP contribution in [0, 0.1) is 6.92 Å². The maximum atomic E-state index is 11.3. The molecule has 2 aromatic carbocycles. The zero-order chi connectivity index (χ0) is 19.1. The van der Waals surface area contributed by atoms with Gasteiger partial charge in [-0.3, -0.25) is 4.79 Å². The number of amides is 1. The van der Waals surface area contributed by atoms with Gasteiger partial charge in [-0.15, -0.1) is 24.0 Å². The second kappa shape index (κ2) is 11.0. The number of aryl methyl sites for hydroxylation is 1. The van der Waals surface area contributed by atoms with Gasteiger partial charge in [0.25, 0.3) is 0 Å². The van der Waals surface area contributed by atoms with Crippen LogP contribution in [-0.4, -0.2) is 30.6 Å². The number of anilines is 1. The number of primary amides is 1. The Kier molecular flexibility index (Phi) is 8.72. The highest BCUT2D eigenvalue weighted by molar-refractivity contribution is 14.0. The first-order chi connectivity index (χ1) is 13.1. The van der Waals surface area contributed by atoms with E-state index in [-0.39, 0.29) is 30.1 Å². The fraction of sp³-hybridized carbons (Fsp3) is 0.333. The highest BCUT2D eigenvalue weighted by atomic mass is 127. The molecule has 7 heteroatoms. The van der Waals surface area contributed by atoms with Crippen molar-refractivity contribution in [2.75, 3.05) is 11.9 Å². The molecule has 0 bridgehead atoms. The van der Waals surface area contributed by atoms with Crippen LogP contribution in [0.15, 0.2) is 59.6 Å². The van der Waals surface area contributed by atoms with Gasteiger partial charge in [-0.05, 0) is 37.5 Å². The molecule has 0 saturated carbocycles. The zero-order valence-electron chi connectivity index (χ0n) is 15.9. The molecule has 1 amide bonds. The molecule has 1 aliphatic rings. The monoisotopic (exact) mass is 494 g/mol. The molecule has 0 aliphatic carbocycles. The first-order valence-electron chi connectivity index (χ1n) is 9.21. The van der Waals surface area contributed by atoms with Crippen molar-refractivity contribution >= 4 is 41.5 Å². The molecular weight excluding hydrogens is 467 g/mol. The summed E-state index contributed by atoms with van der Waals surface area (Å²) in [4.78, 5) is 15.9. The Balaban J connectivity index is 0.00000280. The fourth-order valence-electron chi connectivity index (χ4n) is 2.94. The van der Waals surface area contributed by atoms with Crippen molar-refractivity contribution in [2.24, 2.45) is 10.7 Å². The minimum absolute atomic E-state index is 0. The van der Waals surface area contributed by atoms with Crippen LogP contribution in [0.2, 0.25) is 0 Å². The van der Waals surface area contributed by atoms with E-state index in [1.165, 1.54) is 5.56 Å². The zero-order valence-corrected chi connectivity index (χ0v) is 18.3. The van der Waals surface area contributed by atoms with Gasteiger partial charge in [-0.1, -0.05) is 48.0 Å². The number of carbonyl (C=O) groups is 1. The molecule has 1 heterocycles. The van der Waals surface area contributed by atoms with Crippen LogP contribution in [-0.2, 0) is 16.1 Å². The predicted octanol–water partition coefficient (Wildman–Crippen LogP) is 3.20. The SMILES string of the molecule is Cc1ccc(CN=C(NCC2CCC(C(N)=O)O2)Nc2ccccc2)cc1.I. The van der Waals surface area contributed by atoms with Crippen LogP contribution in [0.3, 0.4) is 0 Å². The van der Waals surface area contributed by atoms with Crippen molar-refractivity contribution in [1.82, 2.24) is 5.32 Å². The number of halogens is 1. The molecule has 0 spiro atoms. The van der Waals surface area contributed by atoms with Gasteiger partial charge >= 0.3 is 0 Å². The quantitative estimate of drug-likeness (QED) is 0.327. The lowest BCUT2D eigenvalue weighted by atomic mass is 10.1. The van der Waals surface area contributed by atoms with Gasteiger partial charge in [-0.25, -0.2) is 4.99 Å². The summed E-state index contributed by atoms with van der Waals surface area (Å²) in [5.41, 5.74) is 8.64. The molecular formula is C21H27IN4O2. The lowest BCUT2D eigenvalue weighted by molar-refractivity contribution is -0.128. The van der Waals surface area contributed by atoms with E-state index in [1.807, 2.05) is 30.3 Å². The summed E-state index contributed by atoms with van der Waals surface area (Å²) >= 11 is 0. The average molecular weight is 494 g/mol. The highest BCUT2D eigenvalue weighted by Crippen LogP contribution is 2.18. The highest BCUT2D eigenvalue weighted by Gasteiger charge is 2.29. The Hall–Kier alpha value is -2.13. The third-order valence-electron chi connectivity index (χ3n) is 4.50. The third kappa shape index (κ3) is 6.79. The summed E-state index contributed by atoms with van der Waals surface area (Å²) in [5.74, 6) is 0.279. The van der Waals surface area contributed by atoms with Crippen molar-refractivity contribution in [2.45, 2.75) is 38.5 Å². The minimum atomic E-state index is -0.480. The van der Waals surface area contributed by atoms with E-state index in [0.29, 0.717) is 25.5 Å². The van der Waals surface area contributed by atoms with Crippen molar-refractivity contribution in [3.63, 3.8) is 0 Å². The molecule has 3 rings (SSSR count). The van der Waals surface area contributed by atoms with E-state index in [9.17, 15) is 4.79 Å². The standard InChI is InChI=1S/C21H26N4O2.HI/c1-15-7-9-16(10-8-15)13-23-21(25-17-5-3-2-4-6-17)24-14-18-11-12-19(27-18)20(22)26;/h2-10,18-19H,11-14H2,1H3,(H2,22,26)(H2,23,24,25);1H. The molecule has 2 aromatic rings. The summed E-state index contributed by atoms with van der Waals surface area (Å²) in [6.07, 6.45) is 0.942. The Morgan fingerprint density at radius 1 is 1.14 bits per heavy atom. The number of nitrogens with one attached hydrogen (secondary N) is 2. The maximum Gasteiger partial charge on any atom is 0.246 e. The van der Waals surface area contributed by atoms with Gasteiger partial charge in [-0.2, -0.15) is 0 Å². The summed E-state index contributed by atoms with van der Waals surface area (Å²) in [5, 5.41) is 6.62. The fourth-order valence-corrected chi connectivity index (χ4v) is 2.94. The van der Waals surface area contributed by atoms with Gasteiger partial charge in [0.2, 0.25) is 5.91 Å². The molecule has 6 nitrogen and oxygen atoms in total. The Morgan fingerprint density at radius 2 is 1.86 bits per heavy atom. The van der Waals surface area contributed by atoms with Gasteiger partial charge in [0.05, 0.1) is 12.6 Å². The number of para-hydroxylation sites is 1.